The minimum Gasteiger partial charge on any atom is -0.493 e. The topological polar surface area (TPSA) is 117 Å². The summed E-state index contributed by atoms with van der Waals surface area (Å²) < 4.78 is 12.0. The average Bonchev–Trinajstić information content (AvgIpc) is 3.09. The number of benzene rings is 1. The molecule has 0 bridgehead atoms. The summed E-state index contributed by atoms with van der Waals surface area (Å²) in [7, 11) is 0. The lowest BCUT2D eigenvalue weighted by molar-refractivity contribution is -0.385. The molecule has 1 aromatic heterocycles. The zero-order chi connectivity index (χ0) is 19.8. The molecule has 1 aromatic carbocycles. The van der Waals surface area contributed by atoms with Gasteiger partial charge in [-0.25, -0.2) is 14.3 Å². The minimum atomic E-state index is -1.04. The Morgan fingerprint density at radius 3 is 2.89 bits per heavy atom. The molecule has 9 heteroatoms. The molecule has 1 aliphatic rings. The van der Waals surface area contributed by atoms with Crippen LogP contribution in [0.15, 0.2) is 30.7 Å². The highest BCUT2D eigenvalue weighted by Gasteiger charge is 2.32. The van der Waals surface area contributed by atoms with Crippen molar-refractivity contribution in [2.24, 2.45) is 0 Å². The molecule has 0 saturated heterocycles. The highest BCUT2D eigenvalue weighted by Crippen LogP contribution is 2.42. The fourth-order valence-corrected chi connectivity index (χ4v) is 2.96. The van der Waals surface area contributed by atoms with Crippen LogP contribution in [0.4, 0.5) is 10.5 Å². The molecule has 1 N–H and O–H groups in total. The van der Waals surface area contributed by atoms with E-state index in [1.165, 1.54) is 30.7 Å². The number of rotatable bonds is 3. The van der Waals surface area contributed by atoms with Crippen molar-refractivity contribution in [3.05, 3.63) is 52.1 Å². The molecular weight excluding hydrogens is 354 g/mol. The first kappa shape index (κ1) is 18.8. The number of aromatic nitrogens is 2. The summed E-state index contributed by atoms with van der Waals surface area (Å²) in [6.45, 7) is 5.63. The van der Waals surface area contributed by atoms with E-state index in [1.807, 2.05) is 0 Å². The Balaban J connectivity index is 1.86. The zero-order valence-electron chi connectivity index (χ0n) is 15.3. The maximum absolute atomic E-state index is 12.1. The summed E-state index contributed by atoms with van der Waals surface area (Å²) in [5, 5.41) is 21.9. The van der Waals surface area contributed by atoms with Crippen LogP contribution in [-0.4, -0.2) is 37.9 Å². The van der Waals surface area contributed by atoms with Crippen LogP contribution in [0, 0.1) is 10.1 Å². The van der Waals surface area contributed by atoms with E-state index >= 15 is 0 Å². The summed E-state index contributed by atoms with van der Waals surface area (Å²) in [4.78, 5) is 26.8. The third-order valence-electron chi connectivity index (χ3n) is 4.18. The number of aliphatic hydroxyl groups is 1. The predicted molar refractivity (Wildman–Crippen MR) is 94.8 cm³/mol. The number of nitro groups is 1. The highest BCUT2D eigenvalue weighted by atomic mass is 16.6. The van der Waals surface area contributed by atoms with Gasteiger partial charge in [0.25, 0.3) is 5.69 Å². The van der Waals surface area contributed by atoms with E-state index in [2.05, 4.69) is 4.98 Å². The smallest absolute Gasteiger partial charge is 0.419 e. The van der Waals surface area contributed by atoms with Crippen molar-refractivity contribution in [1.82, 2.24) is 9.55 Å². The number of nitro benzene ring substituents is 1. The number of non-ortho nitro benzene ring substituents is 1. The van der Waals surface area contributed by atoms with Crippen molar-refractivity contribution in [3.63, 3.8) is 0 Å². The standard InChI is InChI=1S/C18H21N3O6/c1-18(2,3)27-17(23)20-9-14(19-10-20)16(22)12-6-7-26-15-5-4-11(21(24)25)8-13(12)15/h4-5,8-10,12,16,22H,6-7H2,1-3H3. The fourth-order valence-electron chi connectivity index (χ4n) is 2.96. The van der Waals surface area contributed by atoms with Gasteiger partial charge in [-0.2, -0.15) is 0 Å². The number of carbonyl (C=O) groups excluding carboxylic acids is 1. The summed E-state index contributed by atoms with van der Waals surface area (Å²) in [6, 6.07) is 4.31. The third kappa shape index (κ3) is 4.08. The highest BCUT2D eigenvalue weighted by molar-refractivity contribution is 5.70. The Hall–Kier alpha value is -2.94. The number of imidazole rings is 1. The normalized spacial score (nSPS) is 17.6. The number of fused-ring (bicyclic) bond motifs is 1. The lowest BCUT2D eigenvalue weighted by Gasteiger charge is -2.28. The van der Waals surface area contributed by atoms with E-state index in [4.69, 9.17) is 9.47 Å². The van der Waals surface area contributed by atoms with Gasteiger partial charge in [-0.05, 0) is 33.3 Å². The maximum atomic E-state index is 12.1. The fraction of sp³-hybridized carbons (Fsp3) is 0.444. The summed E-state index contributed by atoms with van der Waals surface area (Å²) in [5.74, 6) is 0.0677. The molecule has 0 amide bonds. The van der Waals surface area contributed by atoms with Crippen LogP contribution in [0.5, 0.6) is 5.75 Å². The van der Waals surface area contributed by atoms with Gasteiger partial charge >= 0.3 is 6.09 Å². The lowest BCUT2D eigenvalue weighted by Crippen LogP contribution is -2.26. The van der Waals surface area contributed by atoms with E-state index in [0.717, 1.165) is 4.57 Å². The maximum Gasteiger partial charge on any atom is 0.419 e. The Labute approximate surface area is 155 Å². The number of carbonyl (C=O) groups is 1. The number of hydrogen-bond acceptors (Lipinski definition) is 7. The Morgan fingerprint density at radius 2 is 2.22 bits per heavy atom. The molecule has 2 atom stereocenters. The average molecular weight is 375 g/mol. The zero-order valence-corrected chi connectivity index (χ0v) is 15.3. The van der Waals surface area contributed by atoms with Gasteiger partial charge in [-0.3, -0.25) is 10.1 Å². The molecule has 144 valence electrons. The monoisotopic (exact) mass is 375 g/mol. The Bertz CT molecular complexity index is 870. The van der Waals surface area contributed by atoms with Crippen molar-refractivity contribution in [2.75, 3.05) is 6.61 Å². The summed E-state index contributed by atoms with van der Waals surface area (Å²) >= 11 is 0. The summed E-state index contributed by atoms with van der Waals surface area (Å²) in [5.41, 5.74) is 0.106. The molecule has 0 aliphatic carbocycles. The van der Waals surface area contributed by atoms with Crippen LogP contribution in [0.3, 0.4) is 0 Å². The first-order chi connectivity index (χ1) is 12.7. The molecular formula is C18H21N3O6. The molecule has 0 fully saturated rings. The van der Waals surface area contributed by atoms with Crippen LogP contribution in [0.2, 0.25) is 0 Å². The van der Waals surface area contributed by atoms with Crippen molar-refractivity contribution >= 4 is 11.8 Å². The second-order valence-corrected chi connectivity index (χ2v) is 7.35. The number of aliphatic hydroxyl groups excluding tert-OH is 1. The Morgan fingerprint density at radius 1 is 1.48 bits per heavy atom. The van der Waals surface area contributed by atoms with Crippen LogP contribution in [0.25, 0.3) is 0 Å². The van der Waals surface area contributed by atoms with Crippen molar-refractivity contribution < 1.29 is 24.3 Å². The Kier molecular flexibility index (Phi) is 4.88. The number of nitrogens with zero attached hydrogens (tertiary/aromatic N) is 3. The molecule has 1 aliphatic heterocycles. The second-order valence-electron chi connectivity index (χ2n) is 7.35. The van der Waals surface area contributed by atoms with Crippen molar-refractivity contribution in [2.45, 2.75) is 44.8 Å². The van der Waals surface area contributed by atoms with E-state index in [0.29, 0.717) is 24.3 Å². The second kappa shape index (κ2) is 6.99. The largest absolute Gasteiger partial charge is 0.493 e. The predicted octanol–water partition coefficient (Wildman–Crippen LogP) is 3.17. The van der Waals surface area contributed by atoms with Gasteiger partial charge in [0.2, 0.25) is 0 Å². The van der Waals surface area contributed by atoms with E-state index in [-0.39, 0.29) is 11.4 Å². The van der Waals surface area contributed by atoms with E-state index < -0.39 is 28.6 Å². The lowest BCUT2D eigenvalue weighted by atomic mass is 9.86. The quantitative estimate of drug-likeness (QED) is 0.647. The first-order valence-electron chi connectivity index (χ1n) is 8.52. The minimum absolute atomic E-state index is 0.0734. The SMILES string of the molecule is CC(C)(C)OC(=O)n1cnc(C(O)C2CCOc3ccc([N+](=O)[O-])cc32)c1. The van der Waals surface area contributed by atoms with Crippen LogP contribution in [0.1, 0.15) is 50.5 Å². The van der Waals surface area contributed by atoms with Gasteiger partial charge in [0, 0.05) is 29.8 Å². The van der Waals surface area contributed by atoms with Crippen LogP contribution >= 0.6 is 0 Å². The van der Waals surface area contributed by atoms with Gasteiger partial charge in [0.1, 0.15) is 23.8 Å². The van der Waals surface area contributed by atoms with Gasteiger partial charge in [-0.1, -0.05) is 0 Å². The van der Waals surface area contributed by atoms with Gasteiger partial charge in [-0.15, -0.1) is 0 Å². The molecule has 2 aromatic rings. The number of hydrogen-bond donors (Lipinski definition) is 1. The van der Waals surface area contributed by atoms with Gasteiger partial charge in [0.05, 0.1) is 17.2 Å². The van der Waals surface area contributed by atoms with Crippen molar-refractivity contribution in [3.8, 4) is 5.75 Å². The summed E-state index contributed by atoms with van der Waals surface area (Å²) in [6.07, 6.45) is 1.51. The first-order valence-corrected chi connectivity index (χ1v) is 8.52. The molecule has 0 spiro atoms. The third-order valence-corrected chi connectivity index (χ3v) is 4.18. The molecule has 0 saturated carbocycles. The van der Waals surface area contributed by atoms with Crippen LogP contribution < -0.4 is 4.74 Å². The van der Waals surface area contributed by atoms with Gasteiger partial charge < -0.3 is 14.6 Å². The molecule has 0 radical (unpaired) electrons. The molecule has 3 rings (SSSR count). The molecule has 27 heavy (non-hydrogen) atoms. The van der Waals surface area contributed by atoms with Crippen LogP contribution in [-0.2, 0) is 4.74 Å². The molecule has 9 nitrogen and oxygen atoms in total. The van der Waals surface area contributed by atoms with E-state index in [1.54, 1.807) is 20.8 Å². The molecule has 2 unspecified atom stereocenters. The number of ether oxygens (including phenoxy) is 2. The van der Waals surface area contributed by atoms with Gasteiger partial charge in [0.15, 0.2) is 0 Å². The van der Waals surface area contributed by atoms with E-state index in [9.17, 15) is 20.0 Å². The molecule has 2 heterocycles. The van der Waals surface area contributed by atoms with Crippen molar-refractivity contribution in [1.29, 1.82) is 0 Å².